The SMILES string of the molecule is COc1ccc(N2C(=O)C(O)=C(C(=O)c3cccs3)C2c2ccc(C)cc2)cc1Cl. The summed E-state index contributed by atoms with van der Waals surface area (Å²) in [6.45, 7) is 1.95. The number of ether oxygens (including phenoxy) is 1. The second kappa shape index (κ2) is 7.97. The highest BCUT2D eigenvalue weighted by Crippen LogP contribution is 2.43. The smallest absolute Gasteiger partial charge is 0.294 e. The molecule has 3 aromatic rings. The number of hydrogen-bond donors (Lipinski definition) is 1. The molecule has 1 amide bonds. The quantitative estimate of drug-likeness (QED) is 0.533. The summed E-state index contributed by atoms with van der Waals surface area (Å²) in [6, 6.07) is 15.1. The van der Waals surface area contributed by atoms with Crippen molar-refractivity contribution in [2.24, 2.45) is 0 Å². The van der Waals surface area contributed by atoms with Crippen LogP contribution in [0.1, 0.15) is 26.8 Å². The molecule has 0 saturated heterocycles. The molecule has 4 rings (SSSR count). The van der Waals surface area contributed by atoms with Crippen LogP contribution in [-0.4, -0.2) is 23.9 Å². The van der Waals surface area contributed by atoms with E-state index in [4.69, 9.17) is 16.3 Å². The number of anilines is 1. The number of halogens is 1. The monoisotopic (exact) mass is 439 g/mol. The van der Waals surface area contributed by atoms with E-state index in [0.717, 1.165) is 5.56 Å². The average Bonchev–Trinajstić information content (AvgIpc) is 3.36. The maximum absolute atomic E-state index is 13.2. The van der Waals surface area contributed by atoms with Gasteiger partial charge in [0.25, 0.3) is 5.91 Å². The number of methoxy groups -OCH3 is 1. The second-order valence-electron chi connectivity index (χ2n) is 6.88. The highest BCUT2D eigenvalue weighted by Gasteiger charge is 2.44. The van der Waals surface area contributed by atoms with Gasteiger partial charge in [-0.25, -0.2) is 0 Å². The number of thiophene rings is 1. The number of aryl methyl sites for hydroxylation is 1. The number of ketones is 1. The molecule has 0 fully saturated rings. The fourth-order valence-corrected chi connectivity index (χ4v) is 4.44. The highest BCUT2D eigenvalue weighted by molar-refractivity contribution is 7.12. The van der Waals surface area contributed by atoms with Gasteiger partial charge in [-0.2, -0.15) is 0 Å². The Morgan fingerprint density at radius 1 is 1.17 bits per heavy atom. The van der Waals surface area contributed by atoms with Crippen LogP contribution in [0.3, 0.4) is 0 Å². The zero-order valence-electron chi connectivity index (χ0n) is 16.3. The molecule has 1 unspecified atom stereocenters. The zero-order chi connectivity index (χ0) is 21.4. The van der Waals surface area contributed by atoms with E-state index in [0.29, 0.717) is 26.9 Å². The van der Waals surface area contributed by atoms with Gasteiger partial charge in [0.15, 0.2) is 5.76 Å². The molecule has 1 aliphatic heterocycles. The number of hydrogen-bond acceptors (Lipinski definition) is 5. The number of nitrogens with zero attached hydrogens (tertiary/aromatic N) is 1. The molecule has 0 radical (unpaired) electrons. The van der Waals surface area contributed by atoms with Crippen LogP contribution in [-0.2, 0) is 4.79 Å². The fraction of sp³-hybridized carbons (Fsp3) is 0.130. The van der Waals surface area contributed by atoms with Crippen LogP contribution >= 0.6 is 22.9 Å². The summed E-state index contributed by atoms with van der Waals surface area (Å²) < 4.78 is 5.20. The summed E-state index contributed by atoms with van der Waals surface area (Å²) in [5.74, 6) is -1.11. The lowest BCUT2D eigenvalue weighted by Crippen LogP contribution is -2.31. The summed E-state index contributed by atoms with van der Waals surface area (Å²) in [5, 5.41) is 12.8. The van der Waals surface area contributed by atoms with Crippen molar-refractivity contribution in [3.05, 3.63) is 92.3 Å². The first-order valence-corrected chi connectivity index (χ1v) is 10.4. The van der Waals surface area contributed by atoms with Crippen LogP contribution in [0.2, 0.25) is 5.02 Å². The first-order valence-electron chi connectivity index (χ1n) is 9.17. The fourth-order valence-electron chi connectivity index (χ4n) is 3.51. The number of aliphatic hydroxyl groups is 1. The first-order chi connectivity index (χ1) is 14.4. The van der Waals surface area contributed by atoms with Crippen LogP contribution in [0.4, 0.5) is 5.69 Å². The van der Waals surface area contributed by atoms with Crippen molar-refractivity contribution in [2.45, 2.75) is 13.0 Å². The Bertz CT molecular complexity index is 1150. The van der Waals surface area contributed by atoms with Crippen LogP contribution in [0.25, 0.3) is 0 Å². The molecule has 0 aliphatic carbocycles. The Kier molecular flexibility index (Phi) is 5.37. The van der Waals surface area contributed by atoms with Crippen molar-refractivity contribution in [1.29, 1.82) is 0 Å². The molecule has 0 spiro atoms. The molecule has 0 saturated carbocycles. The van der Waals surface area contributed by atoms with E-state index in [1.165, 1.54) is 23.3 Å². The summed E-state index contributed by atoms with van der Waals surface area (Å²) in [6.07, 6.45) is 0. The van der Waals surface area contributed by atoms with E-state index in [-0.39, 0.29) is 11.4 Å². The van der Waals surface area contributed by atoms with E-state index in [1.807, 2.05) is 31.2 Å². The van der Waals surface area contributed by atoms with E-state index < -0.39 is 17.7 Å². The van der Waals surface area contributed by atoms with E-state index in [2.05, 4.69) is 0 Å². The van der Waals surface area contributed by atoms with E-state index in [1.54, 1.807) is 35.7 Å². The molecule has 152 valence electrons. The summed E-state index contributed by atoms with van der Waals surface area (Å²) >= 11 is 7.55. The molecule has 7 heteroatoms. The molecule has 2 heterocycles. The van der Waals surface area contributed by atoms with Gasteiger partial charge in [0.05, 0.1) is 28.6 Å². The molecule has 30 heavy (non-hydrogen) atoms. The van der Waals surface area contributed by atoms with Crippen molar-refractivity contribution >= 4 is 40.3 Å². The first kappa shape index (κ1) is 20.2. The average molecular weight is 440 g/mol. The number of amides is 1. The normalized spacial score (nSPS) is 16.3. The number of carbonyl (C=O) groups excluding carboxylic acids is 2. The molecular formula is C23H18ClNO4S. The molecular weight excluding hydrogens is 422 g/mol. The molecule has 1 N–H and O–H groups in total. The molecule has 1 aliphatic rings. The van der Waals surface area contributed by atoms with Crippen LogP contribution in [0, 0.1) is 6.92 Å². The largest absolute Gasteiger partial charge is 0.503 e. The lowest BCUT2D eigenvalue weighted by Gasteiger charge is -2.27. The standard InChI is InChI=1S/C23H18ClNO4S/c1-13-5-7-14(8-6-13)20-19(21(26)18-4-3-11-30-18)22(27)23(28)25(20)15-9-10-17(29-2)16(24)12-15/h3-12,20,27H,1-2H3. The van der Waals surface area contributed by atoms with Gasteiger partial charge in [-0.3, -0.25) is 14.5 Å². The lowest BCUT2D eigenvalue weighted by molar-refractivity contribution is -0.117. The van der Waals surface area contributed by atoms with Gasteiger partial charge in [-0.15, -0.1) is 11.3 Å². The van der Waals surface area contributed by atoms with Crippen molar-refractivity contribution in [3.63, 3.8) is 0 Å². The van der Waals surface area contributed by atoms with Gasteiger partial charge in [-0.05, 0) is 42.1 Å². The minimum absolute atomic E-state index is 0.0539. The van der Waals surface area contributed by atoms with Crippen molar-refractivity contribution in [2.75, 3.05) is 12.0 Å². The van der Waals surface area contributed by atoms with Gasteiger partial charge in [0, 0.05) is 5.69 Å². The van der Waals surface area contributed by atoms with Crippen molar-refractivity contribution in [1.82, 2.24) is 0 Å². The Balaban J connectivity index is 1.87. The molecule has 5 nitrogen and oxygen atoms in total. The Hall–Kier alpha value is -3.09. The predicted octanol–water partition coefficient (Wildman–Crippen LogP) is 5.50. The molecule has 0 bridgehead atoms. The van der Waals surface area contributed by atoms with Crippen molar-refractivity contribution in [3.8, 4) is 5.75 Å². The topological polar surface area (TPSA) is 66.8 Å². The van der Waals surface area contributed by atoms with E-state index >= 15 is 0 Å². The predicted molar refractivity (Wildman–Crippen MR) is 118 cm³/mol. The van der Waals surface area contributed by atoms with Crippen molar-refractivity contribution < 1.29 is 19.4 Å². The number of rotatable bonds is 5. The third-order valence-electron chi connectivity index (χ3n) is 5.00. The van der Waals surface area contributed by atoms with E-state index in [9.17, 15) is 14.7 Å². The number of aliphatic hydroxyl groups excluding tert-OH is 1. The van der Waals surface area contributed by atoms with Crippen LogP contribution in [0.15, 0.2) is 71.3 Å². The van der Waals surface area contributed by atoms with Gasteiger partial charge >= 0.3 is 0 Å². The van der Waals surface area contributed by atoms with Gasteiger partial charge in [-0.1, -0.05) is 47.5 Å². The minimum Gasteiger partial charge on any atom is -0.503 e. The summed E-state index contributed by atoms with van der Waals surface area (Å²) in [7, 11) is 1.50. The summed E-state index contributed by atoms with van der Waals surface area (Å²) in [5.41, 5.74) is 2.27. The van der Waals surface area contributed by atoms with Gasteiger partial charge in [0.2, 0.25) is 5.78 Å². The Morgan fingerprint density at radius 2 is 1.90 bits per heavy atom. The Labute approximate surface area is 182 Å². The van der Waals surface area contributed by atoms with Gasteiger partial charge < -0.3 is 9.84 Å². The van der Waals surface area contributed by atoms with Crippen LogP contribution in [0.5, 0.6) is 5.75 Å². The minimum atomic E-state index is -0.780. The Morgan fingerprint density at radius 3 is 2.50 bits per heavy atom. The maximum Gasteiger partial charge on any atom is 0.294 e. The third kappa shape index (κ3) is 3.38. The third-order valence-corrected chi connectivity index (χ3v) is 6.17. The number of carbonyl (C=O) groups is 2. The molecule has 1 aromatic heterocycles. The van der Waals surface area contributed by atoms with Gasteiger partial charge in [0.1, 0.15) is 5.75 Å². The molecule has 1 atom stereocenters. The summed E-state index contributed by atoms with van der Waals surface area (Å²) in [4.78, 5) is 28.2. The highest BCUT2D eigenvalue weighted by atomic mass is 35.5. The maximum atomic E-state index is 13.2. The molecule has 2 aromatic carbocycles. The lowest BCUT2D eigenvalue weighted by atomic mass is 9.94. The second-order valence-corrected chi connectivity index (χ2v) is 8.23. The zero-order valence-corrected chi connectivity index (χ0v) is 17.8. The number of Topliss-reactive ketones (excluding diaryl/α,β-unsaturated/α-hetero) is 1. The van der Waals surface area contributed by atoms with Crippen LogP contribution < -0.4 is 9.64 Å². The number of benzene rings is 2.